The molecule has 0 fully saturated rings. The molecule has 0 saturated carbocycles. The number of halogens is 1. The number of ether oxygens (including phenoxy) is 1. The van der Waals surface area contributed by atoms with Crippen LogP contribution in [0.25, 0.3) is 22.0 Å². The summed E-state index contributed by atoms with van der Waals surface area (Å²) in [5.41, 5.74) is 1.83. The van der Waals surface area contributed by atoms with Crippen LogP contribution in [0.2, 0.25) is 0 Å². The molecule has 1 N–H and O–H groups in total. The van der Waals surface area contributed by atoms with Gasteiger partial charge in [-0.3, -0.25) is 5.32 Å². The Morgan fingerprint density at radius 2 is 2.05 bits per heavy atom. The van der Waals surface area contributed by atoms with E-state index in [1.807, 2.05) is 23.6 Å². The van der Waals surface area contributed by atoms with Crippen molar-refractivity contribution >= 4 is 44.9 Å². The summed E-state index contributed by atoms with van der Waals surface area (Å²) < 4.78 is 4.85. The first-order chi connectivity index (χ1) is 10.8. The molecule has 0 radical (unpaired) electrons. The SMILES string of the molecule is O=C(Nc1nc(-c2ccc3ccccc3c2)cs1)OCCCl. The van der Waals surface area contributed by atoms with Crippen molar-refractivity contribution in [2.75, 3.05) is 17.8 Å². The maximum absolute atomic E-state index is 11.5. The van der Waals surface area contributed by atoms with Gasteiger partial charge in [-0.1, -0.05) is 36.4 Å². The standard InChI is InChI=1S/C16H13ClN2O2S/c17-7-8-21-16(20)19-15-18-14(10-22-15)13-6-5-11-3-1-2-4-12(11)9-13/h1-6,9-10H,7-8H2,(H,18,19,20). The molecular formula is C16H13ClN2O2S. The van der Waals surface area contributed by atoms with Crippen molar-refractivity contribution < 1.29 is 9.53 Å². The van der Waals surface area contributed by atoms with Gasteiger partial charge in [0.2, 0.25) is 0 Å². The molecule has 3 rings (SSSR count). The molecule has 0 unspecified atom stereocenters. The van der Waals surface area contributed by atoms with Gasteiger partial charge in [-0.15, -0.1) is 22.9 Å². The third-order valence-corrected chi connectivity index (χ3v) is 3.98. The van der Waals surface area contributed by atoms with Crippen LogP contribution in [-0.2, 0) is 4.74 Å². The molecule has 3 aromatic rings. The summed E-state index contributed by atoms with van der Waals surface area (Å²) >= 11 is 6.82. The highest BCUT2D eigenvalue weighted by molar-refractivity contribution is 7.14. The van der Waals surface area contributed by atoms with E-state index in [0.29, 0.717) is 5.13 Å². The van der Waals surface area contributed by atoms with Crippen molar-refractivity contribution in [3.63, 3.8) is 0 Å². The first kappa shape index (κ1) is 14.8. The Morgan fingerprint density at radius 1 is 1.23 bits per heavy atom. The highest BCUT2D eigenvalue weighted by atomic mass is 35.5. The average molecular weight is 333 g/mol. The molecule has 1 heterocycles. The van der Waals surface area contributed by atoms with Crippen LogP contribution < -0.4 is 5.32 Å². The fraction of sp³-hybridized carbons (Fsp3) is 0.125. The minimum absolute atomic E-state index is 0.177. The van der Waals surface area contributed by atoms with E-state index in [1.54, 1.807) is 0 Å². The van der Waals surface area contributed by atoms with Crippen LogP contribution in [0.3, 0.4) is 0 Å². The van der Waals surface area contributed by atoms with E-state index in [4.69, 9.17) is 16.3 Å². The molecule has 2 aromatic carbocycles. The van der Waals surface area contributed by atoms with Crippen molar-refractivity contribution in [3.8, 4) is 11.3 Å². The number of alkyl halides is 1. The van der Waals surface area contributed by atoms with E-state index < -0.39 is 6.09 Å². The van der Waals surface area contributed by atoms with Gasteiger partial charge in [0.25, 0.3) is 0 Å². The molecule has 0 aliphatic heterocycles. The first-order valence-corrected chi connectivity index (χ1v) is 8.12. The van der Waals surface area contributed by atoms with Crippen molar-refractivity contribution in [1.82, 2.24) is 4.98 Å². The summed E-state index contributed by atoms with van der Waals surface area (Å²) in [5, 5.41) is 7.34. The maximum Gasteiger partial charge on any atom is 0.413 e. The molecule has 6 heteroatoms. The van der Waals surface area contributed by atoms with Gasteiger partial charge in [-0.25, -0.2) is 9.78 Å². The summed E-state index contributed by atoms with van der Waals surface area (Å²) in [4.78, 5) is 15.9. The summed E-state index contributed by atoms with van der Waals surface area (Å²) in [5.74, 6) is 0.271. The number of carbonyl (C=O) groups excluding carboxylic acids is 1. The van der Waals surface area contributed by atoms with E-state index in [-0.39, 0.29) is 12.5 Å². The van der Waals surface area contributed by atoms with E-state index in [0.717, 1.165) is 16.6 Å². The molecule has 1 aromatic heterocycles. The summed E-state index contributed by atoms with van der Waals surface area (Å²) in [6.45, 7) is 0.177. The third kappa shape index (κ3) is 3.37. The molecule has 0 aliphatic rings. The van der Waals surface area contributed by atoms with Gasteiger partial charge >= 0.3 is 6.09 Å². The number of amides is 1. The van der Waals surface area contributed by atoms with E-state index >= 15 is 0 Å². The van der Waals surface area contributed by atoms with E-state index in [1.165, 1.54) is 16.7 Å². The molecule has 0 aliphatic carbocycles. The minimum atomic E-state index is -0.542. The molecule has 0 saturated heterocycles. The minimum Gasteiger partial charge on any atom is -0.448 e. The highest BCUT2D eigenvalue weighted by Crippen LogP contribution is 2.27. The lowest BCUT2D eigenvalue weighted by Crippen LogP contribution is -2.14. The van der Waals surface area contributed by atoms with E-state index in [9.17, 15) is 4.79 Å². The number of thiazole rings is 1. The second-order valence-corrected chi connectivity index (χ2v) is 5.79. The second-order valence-electron chi connectivity index (χ2n) is 4.55. The van der Waals surface area contributed by atoms with E-state index in [2.05, 4.69) is 34.6 Å². The van der Waals surface area contributed by atoms with Crippen molar-refractivity contribution in [2.45, 2.75) is 0 Å². The Bertz CT molecular complexity index is 803. The smallest absolute Gasteiger partial charge is 0.413 e. The van der Waals surface area contributed by atoms with Crippen LogP contribution in [0.5, 0.6) is 0 Å². The van der Waals surface area contributed by atoms with Crippen LogP contribution in [0.4, 0.5) is 9.93 Å². The number of hydrogen-bond donors (Lipinski definition) is 1. The van der Waals surface area contributed by atoms with Crippen LogP contribution >= 0.6 is 22.9 Å². The van der Waals surface area contributed by atoms with Crippen LogP contribution in [0.1, 0.15) is 0 Å². The summed E-state index contributed by atoms with van der Waals surface area (Å²) in [7, 11) is 0. The van der Waals surface area contributed by atoms with Crippen molar-refractivity contribution in [2.24, 2.45) is 0 Å². The molecule has 0 atom stereocenters. The number of aromatic nitrogens is 1. The summed E-state index contributed by atoms with van der Waals surface area (Å²) in [6, 6.07) is 14.3. The lowest BCUT2D eigenvalue weighted by molar-refractivity contribution is 0.168. The number of benzene rings is 2. The van der Waals surface area contributed by atoms with Gasteiger partial charge in [0, 0.05) is 10.9 Å². The lowest BCUT2D eigenvalue weighted by atomic mass is 10.1. The lowest BCUT2D eigenvalue weighted by Gasteiger charge is -2.02. The normalized spacial score (nSPS) is 10.6. The zero-order chi connectivity index (χ0) is 15.4. The van der Waals surface area contributed by atoms with Gasteiger partial charge in [0.05, 0.1) is 11.6 Å². The molecule has 112 valence electrons. The van der Waals surface area contributed by atoms with Gasteiger partial charge in [0.1, 0.15) is 6.61 Å². The molecule has 1 amide bonds. The van der Waals surface area contributed by atoms with Gasteiger partial charge in [-0.05, 0) is 16.8 Å². The highest BCUT2D eigenvalue weighted by Gasteiger charge is 2.09. The van der Waals surface area contributed by atoms with Crippen LogP contribution in [0.15, 0.2) is 47.8 Å². The molecular weight excluding hydrogens is 320 g/mol. The monoisotopic (exact) mass is 332 g/mol. The fourth-order valence-corrected chi connectivity index (χ4v) is 2.85. The topological polar surface area (TPSA) is 51.2 Å². The fourth-order valence-electron chi connectivity index (χ4n) is 2.07. The first-order valence-electron chi connectivity index (χ1n) is 6.71. The number of nitrogens with zero attached hydrogens (tertiary/aromatic N) is 1. The van der Waals surface area contributed by atoms with Gasteiger partial charge < -0.3 is 4.74 Å². The quantitative estimate of drug-likeness (QED) is 0.701. The second kappa shape index (κ2) is 6.77. The number of anilines is 1. The van der Waals surface area contributed by atoms with Crippen LogP contribution in [-0.4, -0.2) is 23.6 Å². The average Bonchev–Trinajstić information content (AvgIpc) is 3.01. The Hall–Kier alpha value is -2.11. The predicted molar refractivity (Wildman–Crippen MR) is 90.7 cm³/mol. The Kier molecular flexibility index (Phi) is 4.56. The third-order valence-electron chi connectivity index (χ3n) is 3.07. The maximum atomic E-state index is 11.5. The van der Waals surface area contributed by atoms with Crippen molar-refractivity contribution in [3.05, 3.63) is 47.8 Å². The Balaban J connectivity index is 1.78. The van der Waals surface area contributed by atoms with Crippen molar-refractivity contribution in [1.29, 1.82) is 0 Å². The van der Waals surface area contributed by atoms with Gasteiger partial charge in [0.15, 0.2) is 5.13 Å². The number of hydrogen-bond acceptors (Lipinski definition) is 4. The molecule has 4 nitrogen and oxygen atoms in total. The summed E-state index contributed by atoms with van der Waals surface area (Å²) in [6.07, 6.45) is -0.542. The predicted octanol–water partition coefficient (Wildman–Crippen LogP) is 4.75. The molecule has 0 spiro atoms. The number of fused-ring (bicyclic) bond motifs is 1. The number of carbonyl (C=O) groups is 1. The number of nitrogens with one attached hydrogen (secondary N) is 1. The largest absolute Gasteiger partial charge is 0.448 e. The van der Waals surface area contributed by atoms with Gasteiger partial charge in [-0.2, -0.15) is 0 Å². The Labute approximate surface area is 136 Å². The number of rotatable bonds is 4. The molecule has 0 bridgehead atoms. The zero-order valence-electron chi connectivity index (χ0n) is 11.6. The van der Waals surface area contributed by atoms with Crippen LogP contribution in [0, 0.1) is 0 Å². The molecule has 22 heavy (non-hydrogen) atoms. The zero-order valence-corrected chi connectivity index (χ0v) is 13.2. The Morgan fingerprint density at radius 3 is 2.86 bits per heavy atom.